The van der Waals surface area contributed by atoms with Crippen molar-refractivity contribution < 1.29 is 5.11 Å². The molecule has 7 nitrogen and oxygen atoms in total. The van der Waals surface area contributed by atoms with Gasteiger partial charge in [0.25, 0.3) is 0 Å². The Morgan fingerprint density at radius 1 is 1.12 bits per heavy atom. The van der Waals surface area contributed by atoms with Gasteiger partial charge in [-0.1, -0.05) is 24.3 Å². The first-order chi connectivity index (χ1) is 12.2. The zero-order chi connectivity index (χ0) is 17.2. The van der Waals surface area contributed by atoms with Crippen molar-refractivity contribution in [1.82, 2.24) is 19.9 Å². The van der Waals surface area contributed by atoms with E-state index in [1.54, 1.807) is 6.20 Å². The van der Waals surface area contributed by atoms with Crippen LogP contribution in [-0.2, 0) is 0 Å². The molecule has 0 aliphatic rings. The second-order valence-electron chi connectivity index (χ2n) is 5.70. The van der Waals surface area contributed by atoms with Gasteiger partial charge in [0.1, 0.15) is 11.5 Å². The number of aromatic amines is 2. The zero-order valence-corrected chi connectivity index (χ0v) is 13.5. The highest BCUT2D eigenvalue weighted by molar-refractivity contribution is 5.95. The number of anilines is 2. The molecule has 4 aromatic rings. The minimum absolute atomic E-state index is 0.0573. The van der Waals surface area contributed by atoms with Gasteiger partial charge in [-0.2, -0.15) is 0 Å². The number of hydrogen-bond acceptors (Lipinski definition) is 5. The van der Waals surface area contributed by atoms with Gasteiger partial charge in [-0.05, 0) is 28.8 Å². The maximum Gasteiger partial charge on any atom is 0.197 e. The molecule has 0 aliphatic carbocycles. The van der Waals surface area contributed by atoms with E-state index in [0.717, 1.165) is 39.2 Å². The highest BCUT2D eigenvalue weighted by Crippen LogP contribution is 2.31. The average Bonchev–Trinajstić information content (AvgIpc) is 3.28. The fraction of sp³-hybridized carbons (Fsp3) is 0.111. The third-order valence-corrected chi connectivity index (χ3v) is 4.05. The van der Waals surface area contributed by atoms with Crippen molar-refractivity contribution in [2.45, 2.75) is 0 Å². The van der Waals surface area contributed by atoms with Crippen LogP contribution in [0.2, 0.25) is 0 Å². The van der Waals surface area contributed by atoms with Crippen LogP contribution in [0.3, 0.4) is 0 Å². The second kappa shape index (κ2) is 6.29. The van der Waals surface area contributed by atoms with E-state index in [9.17, 15) is 0 Å². The summed E-state index contributed by atoms with van der Waals surface area (Å²) in [5.74, 6) is 1.13. The summed E-state index contributed by atoms with van der Waals surface area (Å²) in [6, 6.07) is 12.2. The second-order valence-corrected chi connectivity index (χ2v) is 5.70. The van der Waals surface area contributed by atoms with Crippen LogP contribution in [0.25, 0.3) is 33.4 Å². The lowest BCUT2D eigenvalue weighted by Crippen LogP contribution is -2.07. The van der Waals surface area contributed by atoms with Gasteiger partial charge in [0.05, 0.1) is 18.5 Å². The fourth-order valence-electron chi connectivity index (χ4n) is 2.86. The Morgan fingerprint density at radius 2 is 1.92 bits per heavy atom. The highest BCUT2D eigenvalue weighted by atomic mass is 16.3. The van der Waals surface area contributed by atoms with E-state index in [1.807, 2.05) is 30.5 Å². The zero-order valence-electron chi connectivity index (χ0n) is 13.5. The molecule has 126 valence electrons. The molecule has 0 saturated heterocycles. The number of imidazole rings is 1. The number of nitrogens with one attached hydrogen (secondary N) is 3. The minimum atomic E-state index is 0.0573. The van der Waals surface area contributed by atoms with Gasteiger partial charge in [0.15, 0.2) is 5.95 Å². The lowest BCUT2D eigenvalue weighted by atomic mass is 10.0. The van der Waals surface area contributed by atoms with E-state index in [1.165, 1.54) is 0 Å². The summed E-state index contributed by atoms with van der Waals surface area (Å²) in [7, 11) is 0. The van der Waals surface area contributed by atoms with Gasteiger partial charge in [-0.25, -0.2) is 9.97 Å². The number of nitrogens with two attached hydrogens (primary N) is 1. The standard InChI is InChI=1S/C18H18N6O/c19-18-22-10-15(23-18)12-3-1-11(2-4-12)14-9-16(20-7-8-25)24-17-13(14)5-6-21-17/h1-6,9-10,25H,7-8H2,(H3,19,22,23)(H2,20,21,24). The first-order valence-electron chi connectivity index (χ1n) is 7.99. The molecule has 0 aliphatic heterocycles. The molecule has 0 fully saturated rings. The van der Waals surface area contributed by atoms with Crippen LogP contribution in [-0.4, -0.2) is 38.2 Å². The van der Waals surface area contributed by atoms with Gasteiger partial charge in [0, 0.05) is 18.1 Å². The van der Waals surface area contributed by atoms with Crippen molar-refractivity contribution in [3.05, 3.63) is 48.8 Å². The molecule has 7 heteroatoms. The summed E-state index contributed by atoms with van der Waals surface area (Å²) in [4.78, 5) is 14.7. The minimum Gasteiger partial charge on any atom is -0.395 e. The third kappa shape index (κ3) is 2.92. The van der Waals surface area contributed by atoms with Crippen LogP contribution in [0.15, 0.2) is 48.8 Å². The van der Waals surface area contributed by atoms with E-state index in [0.29, 0.717) is 12.5 Å². The number of aliphatic hydroxyl groups is 1. The molecule has 0 amide bonds. The van der Waals surface area contributed by atoms with Gasteiger partial charge >= 0.3 is 0 Å². The van der Waals surface area contributed by atoms with Gasteiger partial charge in [-0.3, -0.25) is 0 Å². The van der Waals surface area contributed by atoms with Crippen molar-refractivity contribution >= 4 is 22.8 Å². The van der Waals surface area contributed by atoms with Crippen molar-refractivity contribution in [1.29, 1.82) is 0 Å². The molecule has 0 radical (unpaired) electrons. The van der Waals surface area contributed by atoms with Gasteiger partial charge in [0.2, 0.25) is 0 Å². The number of aliphatic hydroxyl groups excluding tert-OH is 1. The van der Waals surface area contributed by atoms with Crippen LogP contribution in [0.1, 0.15) is 0 Å². The molecule has 0 spiro atoms. The summed E-state index contributed by atoms with van der Waals surface area (Å²) in [6.07, 6.45) is 3.59. The number of aromatic nitrogens is 4. The number of fused-ring (bicyclic) bond motifs is 1. The van der Waals surface area contributed by atoms with Crippen LogP contribution >= 0.6 is 0 Å². The summed E-state index contributed by atoms with van der Waals surface area (Å²) in [5, 5.41) is 13.2. The largest absolute Gasteiger partial charge is 0.395 e. The van der Waals surface area contributed by atoms with Gasteiger partial charge < -0.3 is 26.1 Å². The fourth-order valence-corrected chi connectivity index (χ4v) is 2.86. The van der Waals surface area contributed by atoms with Crippen molar-refractivity contribution in [3.8, 4) is 22.4 Å². The lowest BCUT2D eigenvalue weighted by molar-refractivity contribution is 0.311. The maximum atomic E-state index is 9.01. The number of H-pyrrole nitrogens is 2. The topological polar surface area (TPSA) is 116 Å². The molecule has 0 bridgehead atoms. The highest BCUT2D eigenvalue weighted by Gasteiger charge is 2.10. The number of nitrogen functional groups attached to an aromatic ring is 1. The molecular formula is C18H18N6O. The SMILES string of the molecule is Nc1ncc(-c2ccc(-c3cc(NCCO)nc4[nH]ccc34)cc2)[nH]1. The Kier molecular flexibility index (Phi) is 3.83. The van der Waals surface area contributed by atoms with Crippen LogP contribution in [0.4, 0.5) is 11.8 Å². The molecule has 1 aromatic carbocycles. The lowest BCUT2D eigenvalue weighted by Gasteiger charge is -2.09. The van der Waals surface area contributed by atoms with Crippen LogP contribution in [0.5, 0.6) is 0 Å². The predicted molar refractivity (Wildman–Crippen MR) is 99.1 cm³/mol. The molecule has 0 saturated carbocycles. The summed E-state index contributed by atoms with van der Waals surface area (Å²) < 4.78 is 0. The Morgan fingerprint density at radius 3 is 2.64 bits per heavy atom. The molecule has 3 heterocycles. The average molecular weight is 334 g/mol. The Labute approximate surface area is 143 Å². The first kappa shape index (κ1) is 15.2. The van der Waals surface area contributed by atoms with E-state index in [2.05, 4.69) is 37.4 Å². The predicted octanol–water partition coefficient (Wildman–Crippen LogP) is 2.61. The monoisotopic (exact) mass is 334 g/mol. The Balaban J connectivity index is 1.74. The van der Waals surface area contributed by atoms with E-state index in [-0.39, 0.29) is 6.61 Å². The third-order valence-electron chi connectivity index (χ3n) is 4.05. The molecule has 0 atom stereocenters. The molecule has 0 unspecified atom stereocenters. The molecular weight excluding hydrogens is 316 g/mol. The summed E-state index contributed by atoms with van der Waals surface area (Å²) in [5.41, 5.74) is 10.5. The van der Waals surface area contributed by atoms with Crippen molar-refractivity contribution in [2.75, 3.05) is 24.2 Å². The first-order valence-corrected chi connectivity index (χ1v) is 7.99. The molecule has 4 rings (SSSR count). The van der Waals surface area contributed by atoms with Gasteiger partial charge in [-0.15, -0.1) is 0 Å². The summed E-state index contributed by atoms with van der Waals surface area (Å²) >= 11 is 0. The van der Waals surface area contributed by atoms with E-state index >= 15 is 0 Å². The number of rotatable bonds is 5. The number of pyridine rings is 1. The van der Waals surface area contributed by atoms with Crippen LogP contribution in [0, 0.1) is 0 Å². The van der Waals surface area contributed by atoms with Crippen molar-refractivity contribution in [2.24, 2.45) is 0 Å². The molecule has 25 heavy (non-hydrogen) atoms. The van der Waals surface area contributed by atoms with Crippen LogP contribution < -0.4 is 11.1 Å². The molecule has 6 N–H and O–H groups in total. The number of hydrogen-bond donors (Lipinski definition) is 5. The number of nitrogens with zero attached hydrogens (tertiary/aromatic N) is 2. The van der Waals surface area contributed by atoms with Crippen molar-refractivity contribution in [3.63, 3.8) is 0 Å². The van der Waals surface area contributed by atoms with E-state index < -0.39 is 0 Å². The normalized spacial score (nSPS) is 11.1. The smallest absolute Gasteiger partial charge is 0.197 e. The Bertz CT molecular complexity index is 1000. The molecule has 3 aromatic heterocycles. The maximum absolute atomic E-state index is 9.01. The quantitative estimate of drug-likeness (QED) is 0.385. The summed E-state index contributed by atoms with van der Waals surface area (Å²) in [6.45, 7) is 0.515. The number of benzene rings is 1. The van der Waals surface area contributed by atoms with E-state index in [4.69, 9.17) is 10.8 Å². The Hall–Kier alpha value is -3.32.